The average molecular weight is 269 g/mol. The summed E-state index contributed by atoms with van der Waals surface area (Å²) in [4.78, 5) is 25.5. The molecule has 1 saturated heterocycles. The fourth-order valence-corrected chi connectivity index (χ4v) is 2.31. The molecule has 1 unspecified atom stereocenters. The zero-order chi connectivity index (χ0) is 14.8. The molecule has 0 radical (unpaired) electrons. The number of carboxylic acids is 1. The molecule has 1 aliphatic rings. The second kappa shape index (κ2) is 5.51. The predicted molar refractivity (Wildman–Crippen MR) is 74.8 cm³/mol. The number of hydrogen-bond acceptors (Lipinski definition) is 2. The zero-order valence-corrected chi connectivity index (χ0v) is 12.8. The van der Waals surface area contributed by atoms with Crippen LogP contribution in [0.5, 0.6) is 0 Å². The van der Waals surface area contributed by atoms with Gasteiger partial charge in [-0.15, -0.1) is 0 Å². The van der Waals surface area contributed by atoms with E-state index in [-0.39, 0.29) is 18.2 Å². The van der Waals surface area contributed by atoms with E-state index in [0.29, 0.717) is 5.41 Å². The molecule has 0 saturated carbocycles. The molecule has 110 valence electrons. The molecule has 1 rings (SSSR count). The van der Waals surface area contributed by atoms with Gasteiger partial charge in [-0.05, 0) is 31.1 Å². The lowest BCUT2D eigenvalue weighted by atomic mass is 9.75. The van der Waals surface area contributed by atoms with Gasteiger partial charge < -0.3 is 10.0 Å². The minimum absolute atomic E-state index is 0.0194. The number of likely N-dealkylation sites (tertiary alicyclic amines) is 1. The fraction of sp³-hybridized carbons (Fsp3) is 0.867. The lowest BCUT2D eigenvalue weighted by molar-refractivity contribution is -0.156. The summed E-state index contributed by atoms with van der Waals surface area (Å²) < 4.78 is 0. The predicted octanol–water partition coefficient (Wildman–Crippen LogP) is 2.77. The number of rotatable bonds is 4. The van der Waals surface area contributed by atoms with Crippen molar-refractivity contribution in [2.45, 2.75) is 53.9 Å². The molecule has 1 atom stereocenters. The monoisotopic (exact) mass is 269 g/mol. The Morgan fingerprint density at radius 3 is 2.11 bits per heavy atom. The van der Waals surface area contributed by atoms with Crippen LogP contribution in [0.15, 0.2) is 0 Å². The van der Waals surface area contributed by atoms with Crippen LogP contribution in [0, 0.1) is 16.7 Å². The highest BCUT2D eigenvalue weighted by Crippen LogP contribution is 2.34. The van der Waals surface area contributed by atoms with E-state index in [4.69, 9.17) is 0 Å². The first-order chi connectivity index (χ1) is 8.58. The van der Waals surface area contributed by atoms with Gasteiger partial charge >= 0.3 is 5.97 Å². The standard InChI is InChI=1S/C15H27NO3/c1-11(2)15(5,13(18)19)10-12(17)16-8-6-14(3,4)7-9-16/h11H,6-10H2,1-5H3,(H,18,19). The molecule has 0 bridgehead atoms. The van der Waals surface area contributed by atoms with E-state index in [1.165, 1.54) is 0 Å². The second-order valence-corrected chi connectivity index (χ2v) is 7.10. The van der Waals surface area contributed by atoms with Gasteiger partial charge in [-0.1, -0.05) is 27.7 Å². The summed E-state index contributed by atoms with van der Waals surface area (Å²) in [7, 11) is 0. The van der Waals surface area contributed by atoms with Crippen LogP contribution in [-0.2, 0) is 9.59 Å². The summed E-state index contributed by atoms with van der Waals surface area (Å²) in [6.45, 7) is 11.3. The number of carbonyl (C=O) groups excluding carboxylic acids is 1. The molecular weight excluding hydrogens is 242 g/mol. The summed E-state index contributed by atoms with van der Waals surface area (Å²) >= 11 is 0. The van der Waals surface area contributed by atoms with E-state index in [2.05, 4.69) is 13.8 Å². The third-order valence-electron chi connectivity index (χ3n) is 4.75. The lowest BCUT2D eigenvalue weighted by Gasteiger charge is -2.38. The molecule has 4 nitrogen and oxygen atoms in total. The Labute approximate surface area is 116 Å². The summed E-state index contributed by atoms with van der Waals surface area (Å²) in [5.74, 6) is -0.961. The molecule has 1 amide bonds. The summed E-state index contributed by atoms with van der Waals surface area (Å²) in [5, 5.41) is 9.36. The number of piperidine rings is 1. The van der Waals surface area contributed by atoms with Gasteiger partial charge in [-0.2, -0.15) is 0 Å². The Hall–Kier alpha value is -1.06. The molecule has 1 heterocycles. The number of nitrogens with zero attached hydrogens (tertiary/aromatic N) is 1. The first-order valence-electron chi connectivity index (χ1n) is 7.10. The zero-order valence-electron chi connectivity index (χ0n) is 12.8. The topological polar surface area (TPSA) is 57.6 Å². The van der Waals surface area contributed by atoms with Crippen LogP contribution < -0.4 is 0 Å². The maximum absolute atomic E-state index is 12.3. The van der Waals surface area contributed by atoms with Gasteiger partial charge in [0.15, 0.2) is 0 Å². The Bertz CT molecular complexity index is 352. The molecule has 19 heavy (non-hydrogen) atoms. The Morgan fingerprint density at radius 2 is 1.74 bits per heavy atom. The summed E-state index contributed by atoms with van der Waals surface area (Å²) in [5.41, 5.74) is -0.672. The minimum atomic E-state index is -0.968. The number of carbonyl (C=O) groups is 2. The third-order valence-corrected chi connectivity index (χ3v) is 4.75. The van der Waals surface area contributed by atoms with Crippen LogP contribution in [0.2, 0.25) is 0 Å². The maximum Gasteiger partial charge on any atom is 0.310 e. The molecule has 0 spiro atoms. The Morgan fingerprint density at radius 1 is 1.26 bits per heavy atom. The Balaban J connectivity index is 2.67. The summed E-state index contributed by atoms with van der Waals surface area (Å²) in [6, 6.07) is 0. The van der Waals surface area contributed by atoms with E-state index < -0.39 is 11.4 Å². The van der Waals surface area contributed by atoms with Crippen molar-refractivity contribution in [3.05, 3.63) is 0 Å². The highest BCUT2D eigenvalue weighted by Gasteiger charge is 2.40. The van der Waals surface area contributed by atoms with E-state index >= 15 is 0 Å². The van der Waals surface area contributed by atoms with Crippen molar-refractivity contribution in [1.29, 1.82) is 0 Å². The van der Waals surface area contributed by atoms with Crippen molar-refractivity contribution in [2.24, 2.45) is 16.7 Å². The average Bonchev–Trinajstić information content (AvgIpc) is 2.27. The molecule has 0 aromatic carbocycles. The van der Waals surface area contributed by atoms with Crippen LogP contribution in [0.1, 0.15) is 53.9 Å². The lowest BCUT2D eigenvalue weighted by Crippen LogP contribution is -2.45. The highest BCUT2D eigenvalue weighted by atomic mass is 16.4. The van der Waals surface area contributed by atoms with Crippen molar-refractivity contribution in [2.75, 3.05) is 13.1 Å². The van der Waals surface area contributed by atoms with E-state index in [1.807, 2.05) is 18.7 Å². The largest absolute Gasteiger partial charge is 0.481 e. The normalized spacial score (nSPS) is 22.1. The molecule has 1 fully saturated rings. The molecule has 4 heteroatoms. The Kier molecular flexibility index (Phi) is 4.64. The van der Waals surface area contributed by atoms with Crippen molar-refractivity contribution >= 4 is 11.9 Å². The van der Waals surface area contributed by atoms with Gasteiger partial charge in [0, 0.05) is 19.5 Å². The van der Waals surface area contributed by atoms with Crippen molar-refractivity contribution < 1.29 is 14.7 Å². The van der Waals surface area contributed by atoms with Gasteiger partial charge in [0.05, 0.1) is 5.41 Å². The molecule has 0 aromatic heterocycles. The number of carboxylic acid groups (broad SMARTS) is 1. The van der Waals surface area contributed by atoms with E-state index in [9.17, 15) is 14.7 Å². The molecule has 1 N–H and O–H groups in total. The number of amides is 1. The highest BCUT2D eigenvalue weighted by molar-refractivity contribution is 5.85. The van der Waals surface area contributed by atoms with Gasteiger partial charge in [-0.25, -0.2) is 0 Å². The maximum atomic E-state index is 12.3. The quantitative estimate of drug-likeness (QED) is 0.853. The SMILES string of the molecule is CC(C)C(C)(CC(=O)N1CCC(C)(C)CC1)C(=O)O. The van der Waals surface area contributed by atoms with Gasteiger partial charge in [-0.3, -0.25) is 9.59 Å². The van der Waals surface area contributed by atoms with Gasteiger partial charge in [0.1, 0.15) is 0 Å². The third kappa shape index (κ3) is 3.71. The second-order valence-electron chi connectivity index (χ2n) is 7.10. The van der Waals surface area contributed by atoms with Crippen LogP contribution in [0.25, 0.3) is 0 Å². The first kappa shape index (κ1) is 16.0. The van der Waals surface area contributed by atoms with E-state index in [1.54, 1.807) is 6.92 Å². The van der Waals surface area contributed by atoms with Crippen molar-refractivity contribution in [1.82, 2.24) is 4.90 Å². The number of aliphatic carboxylic acids is 1. The van der Waals surface area contributed by atoms with Gasteiger partial charge in [0.2, 0.25) is 5.91 Å². The van der Waals surface area contributed by atoms with Crippen LogP contribution in [0.3, 0.4) is 0 Å². The molecule has 0 aliphatic carbocycles. The summed E-state index contributed by atoms with van der Waals surface area (Å²) in [6.07, 6.45) is 2.08. The van der Waals surface area contributed by atoms with Crippen molar-refractivity contribution in [3.8, 4) is 0 Å². The minimum Gasteiger partial charge on any atom is -0.481 e. The molecule has 0 aromatic rings. The van der Waals surface area contributed by atoms with Crippen LogP contribution in [-0.4, -0.2) is 35.0 Å². The first-order valence-corrected chi connectivity index (χ1v) is 7.10. The van der Waals surface area contributed by atoms with Crippen LogP contribution >= 0.6 is 0 Å². The smallest absolute Gasteiger partial charge is 0.310 e. The number of hydrogen-bond donors (Lipinski definition) is 1. The molecule has 1 aliphatic heterocycles. The van der Waals surface area contributed by atoms with E-state index in [0.717, 1.165) is 25.9 Å². The fourth-order valence-electron chi connectivity index (χ4n) is 2.31. The van der Waals surface area contributed by atoms with Gasteiger partial charge in [0.25, 0.3) is 0 Å². The van der Waals surface area contributed by atoms with Crippen molar-refractivity contribution in [3.63, 3.8) is 0 Å². The molecular formula is C15H27NO3. The van der Waals surface area contributed by atoms with Crippen LogP contribution in [0.4, 0.5) is 0 Å².